The highest BCUT2D eigenvalue weighted by Crippen LogP contribution is 2.40. The fourth-order valence-electron chi connectivity index (χ4n) is 6.28. The van der Waals surface area contributed by atoms with Crippen molar-refractivity contribution in [2.24, 2.45) is 0 Å². The Bertz CT molecular complexity index is 2030. The molecule has 0 radical (unpaired) electrons. The van der Waals surface area contributed by atoms with Gasteiger partial charge in [0, 0.05) is 48.0 Å². The number of para-hydroxylation sites is 1. The van der Waals surface area contributed by atoms with Crippen LogP contribution in [0.3, 0.4) is 0 Å². The van der Waals surface area contributed by atoms with Crippen LogP contribution in [0, 0.1) is 12.1 Å². The van der Waals surface area contributed by atoms with Gasteiger partial charge in [0.15, 0.2) is 5.65 Å². The summed E-state index contributed by atoms with van der Waals surface area (Å²) in [4.78, 5) is 40.4. The number of quaternary nitrogens is 1. The Kier molecular flexibility index (Phi) is 8.62. The number of nitrogens with zero attached hydrogens (tertiary/aromatic N) is 6. The second-order valence-electron chi connectivity index (χ2n) is 11.8. The Hall–Kier alpha value is -4.79. The SMILES string of the molecule is Cc1cccc2c1N(C(=O)OCc1ccccc1)CCN2c1cc2cnc([S+](C)[O-])nc2n(-c2ccc([N+]3([O-])CCOCC3)cc2)c1=O. The summed E-state index contributed by atoms with van der Waals surface area (Å²) in [6.07, 6.45) is 2.57. The van der Waals surface area contributed by atoms with E-state index in [-0.39, 0.29) is 23.9 Å². The first kappa shape index (κ1) is 31.8. The van der Waals surface area contributed by atoms with Gasteiger partial charge in [0.1, 0.15) is 37.3 Å². The van der Waals surface area contributed by atoms with Crippen LogP contribution in [-0.4, -0.2) is 70.8 Å². The summed E-state index contributed by atoms with van der Waals surface area (Å²) in [5.41, 5.74) is 4.40. The molecule has 48 heavy (non-hydrogen) atoms. The van der Waals surface area contributed by atoms with E-state index in [1.807, 2.05) is 60.4 Å². The van der Waals surface area contributed by atoms with E-state index in [9.17, 15) is 19.3 Å². The van der Waals surface area contributed by atoms with Gasteiger partial charge in [-0.05, 0) is 42.3 Å². The molecule has 7 rings (SSSR count). The zero-order chi connectivity index (χ0) is 33.4. The van der Waals surface area contributed by atoms with Gasteiger partial charge in [-0.2, -0.15) is 9.97 Å². The Balaban J connectivity index is 1.31. The smallest absolute Gasteiger partial charge is 0.414 e. The summed E-state index contributed by atoms with van der Waals surface area (Å²) >= 11 is -1.49. The molecule has 0 N–H and O–H groups in total. The van der Waals surface area contributed by atoms with Crippen molar-refractivity contribution in [1.82, 2.24) is 19.2 Å². The second kappa shape index (κ2) is 13.0. The number of carbonyl (C=O) groups excluding carboxylic acids is 1. The Labute approximate surface area is 280 Å². The van der Waals surface area contributed by atoms with Crippen molar-refractivity contribution in [3.05, 3.63) is 112 Å². The summed E-state index contributed by atoms with van der Waals surface area (Å²) in [7, 11) is 0. The van der Waals surface area contributed by atoms with Gasteiger partial charge >= 0.3 is 11.2 Å². The van der Waals surface area contributed by atoms with E-state index >= 15 is 0 Å². The number of fused-ring (bicyclic) bond motifs is 2. The second-order valence-corrected chi connectivity index (χ2v) is 13.1. The zero-order valence-electron chi connectivity index (χ0n) is 26.6. The van der Waals surface area contributed by atoms with Crippen LogP contribution in [-0.2, 0) is 27.3 Å². The zero-order valence-corrected chi connectivity index (χ0v) is 27.4. The number of anilines is 3. The summed E-state index contributed by atoms with van der Waals surface area (Å²) in [6.45, 7) is 4.01. The fraction of sp³-hybridized carbons (Fsp3) is 0.257. The summed E-state index contributed by atoms with van der Waals surface area (Å²) in [6, 6.07) is 23.8. The van der Waals surface area contributed by atoms with Gasteiger partial charge in [-0.3, -0.25) is 14.3 Å². The van der Waals surface area contributed by atoms with Crippen LogP contribution in [0.15, 0.2) is 95.0 Å². The molecule has 2 aliphatic heterocycles. The lowest BCUT2D eigenvalue weighted by Gasteiger charge is -2.44. The quantitative estimate of drug-likeness (QED) is 0.107. The van der Waals surface area contributed by atoms with E-state index in [1.165, 1.54) is 10.8 Å². The molecule has 2 aromatic heterocycles. The molecule has 1 saturated heterocycles. The summed E-state index contributed by atoms with van der Waals surface area (Å²) < 4.78 is 24.4. The predicted octanol–water partition coefficient (Wildman–Crippen LogP) is 4.96. The van der Waals surface area contributed by atoms with Gasteiger partial charge in [-0.1, -0.05) is 42.5 Å². The minimum atomic E-state index is -1.49. The topological polar surface area (TPSA) is 136 Å². The molecule has 0 spiro atoms. The minimum absolute atomic E-state index is 0.0982. The third-order valence-electron chi connectivity index (χ3n) is 8.77. The van der Waals surface area contributed by atoms with Crippen molar-refractivity contribution in [1.29, 1.82) is 0 Å². The van der Waals surface area contributed by atoms with E-state index in [1.54, 1.807) is 41.4 Å². The number of hydrogen-bond acceptors (Lipinski definition) is 9. The number of amides is 1. The van der Waals surface area contributed by atoms with Crippen molar-refractivity contribution in [3.63, 3.8) is 0 Å². The molecule has 0 aliphatic carbocycles. The lowest BCUT2D eigenvalue weighted by molar-refractivity contribution is 0.0615. The Morgan fingerprint density at radius 3 is 2.48 bits per heavy atom. The van der Waals surface area contributed by atoms with Crippen LogP contribution in [0.5, 0.6) is 0 Å². The Morgan fingerprint density at radius 1 is 1.00 bits per heavy atom. The number of aryl methyl sites for hydroxylation is 1. The van der Waals surface area contributed by atoms with Crippen LogP contribution in [0.1, 0.15) is 11.1 Å². The van der Waals surface area contributed by atoms with Crippen molar-refractivity contribution >= 4 is 51.1 Å². The van der Waals surface area contributed by atoms with Crippen LogP contribution >= 0.6 is 0 Å². The number of hydrogen-bond donors (Lipinski definition) is 0. The average molecular weight is 667 g/mol. The van der Waals surface area contributed by atoms with E-state index in [2.05, 4.69) is 9.97 Å². The number of aromatic nitrogens is 3. The fourth-order valence-corrected chi connectivity index (χ4v) is 6.70. The molecule has 2 aliphatic rings. The molecule has 0 bridgehead atoms. The van der Waals surface area contributed by atoms with Crippen molar-refractivity contribution in [2.45, 2.75) is 18.7 Å². The normalized spacial score (nSPS) is 16.4. The molecular weight excluding hydrogens is 632 g/mol. The molecule has 1 amide bonds. The maximum Gasteiger partial charge on any atom is 0.414 e. The molecular formula is C35H34N6O6S. The molecule has 246 valence electrons. The number of rotatable bonds is 6. The maximum atomic E-state index is 14.6. The van der Waals surface area contributed by atoms with E-state index < -0.39 is 21.9 Å². The third-order valence-corrected chi connectivity index (χ3v) is 9.48. The van der Waals surface area contributed by atoms with Crippen molar-refractivity contribution < 1.29 is 18.8 Å². The Morgan fingerprint density at radius 2 is 1.75 bits per heavy atom. The van der Waals surface area contributed by atoms with Gasteiger partial charge in [0.2, 0.25) is 0 Å². The number of hydroxylamine groups is 2. The molecule has 3 aromatic carbocycles. The monoisotopic (exact) mass is 666 g/mol. The van der Waals surface area contributed by atoms with E-state index in [4.69, 9.17) is 9.47 Å². The molecule has 1 fully saturated rings. The number of carbonyl (C=O) groups is 1. The first-order chi connectivity index (χ1) is 23.2. The maximum absolute atomic E-state index is 14.6. The molecule has 12 nitrogen and oxygen atoms in total. The van der Waals surface area contributed by atoms with Gasteiger partial charge in [0.05, 0.1) is 30.3 Å². The summed E-state index contributed by atoms with van der Waals surface area (Å²) in [5.74, 6) is 0. The van der Waals surface area contributed by atoms with Gasteiger partial charge in [0.25, 0.3) is 5.56 Å². The standard InChI is InChI=1S/C35H34N6O6S/c1-24-7-6-10-29-31(24)39(35(43)47-23-25-8-4-3-5-9-25)16-15-38(29)30-21-26-22-36-34(48(2)45)37-32(26)40(33(30)42)27-11-13-28(14-12-27)41(44)17-19-46-20-18-41/h3-14,21-22H,15-20,23H2,1-2H3. The molecule has 4 heterocycles. The first-order valence-electron chi connectivity index (χ1n) is 15.6. The molecule has 5 aromatic rings. The molecule has 13 heteroatoms. The minimum Gasteiger partial charge on any atom is -0.627 e. The highest BCUT2D eigenvalue weighted by Gasteiger charge is 2.32. The number of benzene rings is 3. The highest BCUT2D eigenvalue weighted by atomic mass is 32.2. The third kappa shape index (κ3) is 5.91. The number of pyridine rings is 1. The van der Waals surface area contributed by atoms with E-state index in [0.717, 1.165) is 11.1 Å². The molecule has 1 atom stereocenters. The largest absolute Gasteiger partial charge is 0.627 e. The van der Waals surface area contributed by atoms with Crippen molar-refractivity contribution in [3.8, 4) is 5.69 Å². The van der Waals surface area contributed by atoms with Gasteiger partial charge in [-0.25, -0.2) is 4.79 Å². The lowest BCUT2D eigenvalue weighted by Crippen LogP contribution is -2.51. The van der Waals surface area contributed by atoms with Crippen molar-refractivity contribution in [2.75, 3.05) is 55.4 Å². The van der Waals surface area contributed by atoms with Crippen LogP contribution in [0.4, 0.5) is 27.5 Å². The lowest BCUT2D eigenvalue weighted by atomic mass is 10.1. The van der Waals surface area contributed by atoms with Gasteiger partial charge < -0.3 is 28.8 Å². The molecule has 0 saturated carbocycles. The average Bonchev–Trinajstić information content (AvgIpc) is 3.11. The van der Waals surface area contributed by atoms with Crippen LogP contribution < -0.4 is 20.0 Å². The van der Waals surface area contributed by atoms with E-state index in [0.29, 0.717) is 72.3 Å². The van der Waals surface area contributed by atoms with Crippen LogP contribution in [0.25, 0.3) is 16.7 Å². The number of ether oxygens (including phenoxy) is 2. The van der Waals surface area contributed by atoms with Gasteiger partial charge in [-0.15, -0.1) is 0 Å². The molecule has 1 unspecified atom stereocenters. The summed E-state index contributed by atoms with van der Waals surface area (Å²) in [5, 5.41) is 14.1. The first-order valence-corrected chi connectivity index (χ1v) is 17.2. The highest BCUT2D eigenvalue weighted by molar-refractivity contribution is 7.90. The predicted molar refractivity (Wildman–Crippen MR) is 185 cm³/mol. The number of morpholine rings is 1. The van der Waals surface area contributed by atoms with Crippen LogP contribution in [0.2, 0.25) is 0 Å².